The summed E-state index contributed by atoms with van der Waals surface area (Å²) in [6.45, 7) is 25.1. The molecule has 762 valence electrons. The number of methoxy groups -OCH3 is 2. The quantitative estimate of drug-likeness (QED) is 0.0148. The molecule has 8 aromatic heterocycles. The monoisotopic (exact) mass is 2640 g/mol. The predicted molar refractivity (Wildman–Crippen MR) is 611 cm³/mol. The number of aliphatic hydroxyl groups excluding tert-OH is 2. The first-order chi connectivity index (χ1) is 68.0. The van der Waals surface area contributed by atoms with Crippen molar-refractivity contribution in [3.05, 3.63) is 302 Å². The molecule has 0 radical (unpaired) electrons. The van der Waals surface area contributed by atoms with Crippen molar-refractivity contribution >= 4 is 228 Å². The van der Waals surface area contributed by atoms with Crippen LogP contribution in [-0.4, -0.2) is 133 Å². The Bertz CT molecular complexity index is 7060. The van der Waals surface area contributed by atoms with Crippen LogP contribution in [0.4, 0.5) is 13.2 Å². The number of aromatic amines is 1. The Morgan fingerprint density at radius 2 is 0.713 bits per heavy atom. The molecule has 14 rings (SSSR count). The zero-order valence-electron chi connectivity index (χ0n) is 81.6. The van der Waals surface area contributed by atoms with Crippen LogP contribution in [-0.2, 0) is 4.79 Å². The van der Waals surface area contributed by atoms with Crippen molar-refractivity contribution in [1.82, 2.24) is 28.6 Å². The lowest BCUT2D eigenvalue weighted by Gasteiger charge is -2.15. The Balaban J connectivity index is 0.000000243. The third kappa shape index (κ3) is 34.0. The number of Topliss-reactive ketones (excluding diaryl/α,β-unsaturated/α-hetero) is 5. The van der Waals surface area contributed by atoms with E-state index >= 15 is 0 Å². The van der Waals surface area contributed by atoms with Crippen LogP contribution in [0.3, 0.4) is 0 Å². The van der Waals surface area contributed by atoms with Gasteiger partial charge in [-0.25, -0.2) is 13.2 Å². The maximum Gasteiger partial charge on any atom is 0.220 e. The molecule has 5 N–H and O–H groups in total. The highest BCUT2D eigenvalue weighted by Gasteiger charge is 2.26. The van der Waals surface area contributed by atoms with Crippen molar-refractivity contribution in [2.24, 2.45) is 0 Å². The number of nitrogens with zero attached hydrogens (tertiary/aromatic N) is 4. The summed E-state index contributed by atoms with van der Waals surface area (Å²) in [5.74, 6) is -0.675. The van der Waals surface area contributed by atoms with Crippen LogP contribution in [0.5, 0.6) is 34.5 Å². The molecular weight excluding hydrogens is 2530 g/mol. The summed E-state index contributed by atoms with van der Waals surface area (Å²) < 4.78 is 82.1. The van der Waals surface area contributed by atoms with Crippen LogP contribution >= 0.6 is 163 Å². The Hall–Kier alpha value is -9.59. The van der Waals surface area contributed by atoms with Crippen LogP contribution in [0, 0.1) is 35.3 Å². The summed E-state index contributed by atoms with van der Waals surface area (Å²) in [6.07, 6.45) is 18.8. The smallest absolute Gasteiger partial charge is 0.220 e. The molecule has 0 spiro atoms. The van der Waals surface area contributed by atoms with Crippen molar-refractivity contribution in [3.8, 4) is 67.9 Å². The number of phenols is 1. The van der Waals surface area contributed by atoms with E-state index in [4.69, 9.17) is 33.9 Å². The van der Waals surface area contributed by atoms with Crippen molar-refractivity contribution in [2.75, 3.05) is 54.8 Å². The molecule has 143 heavy (non-hydrogen) atoms. The molecule has 0 atom stereocenters. The van der Waals surface area contributed by atoms with E-state index in [9.17, 15) is 71.0 Å². The number of ketones is 5. The van der Waals surface area contributed by atoms with Crippen molar-refractivity contribution in [3.63, 3.8) is 0 Å². The molecule has 0 aliphatic rings. The first-order valence-electron chi connectivity index (χ1n) is 45.2. The number of pyridine rings is 5. The first-order valence-corrected chi connectivity index (χ1v) is 54.1. The predicted octanol–water partition coefficient (Wildman–Crippen LogP) is 25.3. The second-order valence-corrected chi connectivity index (χ2v) is 43.2. The van der Waals surface area contributed by atoms with Gasteiger partial charge in [-0.15, -0.1) is 34.0 Å². The van der Waals surface area contributed by atoms with Gasteiger partial charge in [0.25, 0.3) is 0 Å². The highest BCUT2D eigenvalue weighted by atomic mass is 127. The van der Waals surface area contributed by atoms with E-state index in [1.54, 1.807) is 118 Å². The lowest BCUT2D eigenvalue weighted by atomic mass is 9.98. The lowest BCUT2D eigenvalue weighted by Crippen LogP contribution is -2.21. The van der Waals surface area contributed by atoms with Gasteiger partial charge in [-0.3, -0.25) is 52.7 Å². The van der Waals surface area contributed by atoms with Crippen LogP contribution < -0.4 is 56.1 Å². The molecule has 0 unspecified atom stereocenters. The minimum atomic E-state index is -0.451. The van der Waals surface area contributed by atoms with Crippen LogP contribution in [0.25, 0.3) is 63.6 Å². The molecular formula is C106H113BrF3I5N6O19S3. The Kier molecular flexibility index (Phi) is 49.9. The highest BCUT2D eigenvalue weighted by Crippen LogP contribution is 2.40. The highest BCUT2D eigenvalue weighted by molar-refractivity contribution is 14.1. The van der Waals surface area contributed by atoms with Gasteiger partial charge < -0.3 is 67.6 Å². The van der Waals surface area contributed by atoms with Crippen LogP contribution in [0.15, 0.2) is 211 Å². The number of benzene rings is 6. The Labute approximate surface area is 915 Å². The standard InChI is InChI=1S/C29H28FNO6S.C29H28FNO5S.C16H13FINOS.C15H21NO4.C8H9I2NO.C5H3I2NO.C3H7Br.CH4O/c1-17(2)31-14-20(22-16-38-29-19(22)5-4-6-23(29)30)28(35)21(15-31)25(34)9-8-24(33)18-7-10-26(37-12-11-32)27(13-18)36-3;1-4-12-36-27-11-8-18(13-26(27)34)24(32)9-10-25(33)21-15-31(17(2)3)14-20(28(21)35)22-16-37-29-19(22)6-5-7-23(29)30;1-9(2)19-6-11(15(20)14(18)7-19)12-8-21-16-10(12)4-3-5-13(16)17;1-4-9-20-13-7-5-11(10-14(13)19-3)12(17)6-8-15(18)16-2;1-5(2)11-3-6(9)8(12)7(10)4-11;6-3-1-8-2-4(7)5(3)9;1-3(2)4;1-2/h4-7,10,13-17,32H,8-9,11-12H2,1-3H3;5-8,11,13-17,34H,4,9-10,12H2,1-3H3;3-9H,1-2H3;5,7,10H,4,6,8-9H2,1-3H3,(H,16,18);3-5H,1-2H3;1-2H,(H,8,9);3H,1-2H3;2H,1H3. The van der Waals surface area contributed by atoms with Crippen LogP contribution in [0.2, 0.25) is 0 Å². The van der Waals surface area contributed by atoms with Gasteiger partial charge in [-0.2, -0.15) is 0 Å². The fourth-order valence-electron chi connectivity index (χ4n) is 13.4. The SMILES string of the molecule is CC(C)Br.CC(C)n1cc(I)c(=O)c(-c2csc3c(F)cccc23)c1.CC(C)n1cc(I)c(=O)c(I)c1.CCCOc1ccc(C(=O)CCC(=O)NC)cc1OC.CCCOc1ccc(C(=O)CCC(=O)c2cn(C(C)C)cc(-c3csc4c(F)cccc34)c2=O)cc1O.CO.COc1cc(C(=O)CCC(=O)c2cn(C(C)C)cc(-c3csc4c(F)cccc34)c2=O)ccc1OCCO.O=c1c(I)c[nH]cc1I. The fourth-order valence-corrected chi connectivity index (χ4v) is 20.1. The van der Waals surface area contributed by atoms with Crippen LogP contribution in [0.1, 0.15) is 210 Å². The lowest BCUT2D eigenvalue weighted by molar-refractivity contribution is -0.120. The number of carbonyl (C=O) groups is 6. The Morgan fingerprint density at radius 3 is 1.05 bits per heavy atom. The average molecular weight is 2640 g/mol. The number of amides is 1. The Morgan fingerprint density at radius 1 is 0.406 bits per heavy atom. The van der Waals surface area contributed by atoms with E-state index in [1.807, 2.05) is 132 Å². The van der Waals surface area contributed by atoms with E-state index < -0.39 is 22.4 Å². The van der Waals surface area contributed by atoms with Gasteiger partial charge in [0, 0.05) is 226 Å². The second-order valence-electron chi connectivity index (χ2n) is 32.9. The van der Waals surface area contributed by atoms with E-state index in [-0.39, 0.29) is 149 Å². The molecule has 0 aliphatic carbocycles. The second kappa shape index (κ2) is 59.3. The number of rotatable bonds is 32. The summed E-state index contributed by atoms with van der Waals surface area (Å²) in [5, 5.41) is 35.9. The number of thiophene rings is 3. The zero-order valence-corrected chi connectivity index (χ0v) is 96.4. The molecule has 25 nitrogen and oxygen atoms in total. The molecule has 14 aromatic rings. The van der Waals surface area contributed by atoms with E-state index in [0.29, 0.717) is 120 Å². The summed E-state index contributed by atoms with van der Waals surface area (Å²) in [6, 6.07) is 29.2. The molecule has 8 heterocycles. The first kappa shape index (κ1) is 120. The molecule has 0 fully saturated rings. The average Bonchev–Trinajstić information content (AvgIpc) is 1.67. The number of H-pyrrole nitrogens is 1. The summed E-state index contributed by atoms with van der Waals surface area (Å²) in [7, 11) is 5.53. The third-order valence-electron chi connectivity index (χ3n) is 21.0. The number of hydrogen-bond donors (Lipinski definition) is 5. The van der Waals surface area contributed by atoms with E-state index in [2.05, 4.69) is 136 Å². The van der Waals surface area contributed by atoms with Gasteiger partial charge in [0.05, 0.1) is 77.1 Å². The topological polar surface area (TPSA) is 342 Å². The molecule has 0 aliphatic heterocycles. The number of phenolic OH excluding ortho intramolecular Hbond substituents is 1. The molecule has 1 amide bonds. The number of ether oxygens (including phenoxy) is 5. The number of fused-ring (bicyclic) bond motifs is 3. The van der Waals surface area contributed by atoms with Gasteiger partial charge in [0.15, 0.2) is 74.3 Å². The van der Waals surface area contributed by atoms with Gasteiger partial charge in [-0.1, -0.05) is 80.0 Å². The minimum absolute atomic E-state index is 0.00328. The number of aliphatic hydroxyl groups is 2. The number of hydrogen-bond acceptors (Lipinski definition) is 22. The number of aromatic nitrogens is 5. The molecule has 6 aromatic carbocycles. The van der Waals surface area contributed by atoms with Crippen molar-refractivity contribution in [2.45, 2.75) is 163 Å². The van der Waals surface area contributed by atoms with E-state index in [0.717, 1.165) is 45.2 Å². The van der Waals surface area contributed by atoms with Gasteiger partial charge >= 0.3 is 0 Å². The third-order valence-corrected chi connectivity index (χ3v) is 27.9. The molecule has 0 saturated heterocycles. The molecule has 37 heteroatoms. The van der Waals surface area contributed by atoms with Crippen molar-refractivity contribution in [1.29, 1.82) is 0 Å². The molecule has 0 saturated carbocycles. The summed E-state index contributed by atoms with van der Waals surface area (Å²) in [4.78, 5) is 140. The number of carbonyl (C=O) groups excluding carboxylic acids is 6. The number of alkyl halides is 1. The van der Waals surface area contributed by atoms with Crippen molar-refractivity contribution < 1.29 is 80.9 Å². The van der Waals surface area contributed by atoms with E-state index in [1.165, 1.54) is 97.0 Å². The minimum Gasteiger partial charge on any atom is -0.504 e. The summed E-state index contributed by atoms with van der Waals surface area (Å²) in [5.41, 5.74) is 3.66. The largest absolute Gasteiger partial charge is 0.504 e. The number of aromatic hydroxyl groups is 1. The maximum atomic E-state index is 14.3. The molecule has 0 bridgehead atoms. The normalized spacial score (nSPS) is 10.8. The fraction of sp³-hybridized carbons (Fsp3) is 0.311. The number of nitrogens with one attached hydrogen (secondary N) is 2. The maximum absolute atomic E-state index is 14.3. The van der Waals surface area contributed by atoms with Gasteiger partial charge in [0.2, 0.25) is 22.2 Å². The van der Waals surface area contributed by atoms with Gasteiger partial charge in [-0.05, 0) is 254 Å². The van der Waals surface area contributed by atoms with Gasteiger partial charge in [0.1, 0.15) is 24.1 Å². The summed E-state index contributed by atoms with van der Waals surface area (Å²) >= 11 is 17.2. The zero-order chi connectivity index (χ0) is 106. The number of halogens is 9.